The summed E-state index contributed by atoms with van der Waals surface area (Å²) < 4.78 is 32.3. The molecule has 6 heterocycles. The molecule has 7 rings (SSSR count). The van der Waals surface area contributed by atoms with Crippen molar-refractivity contribution in [1.29, 1.82) is 0 Å². The van der Waals surface area contributed by atoms with Crippen molar-refractivity contribution in [3.63, 3.8) is 0 Å². The van der Waals surface area contributed by atoms with E-state index in [1.54, 1.807) is 13.2 Å². The van der Waals surface area contributed by atoms with Gasteiger partial charge in [0.2, 0.25) is 5.88 Å². The summed E-state index contributed by atoms with van der Waals surface area (Å²) >= 11 is 0. The van der Waals surface area contributed by atoms with E-state index in [1.165, 1.54) is 6.20 Å². The summed E-state index contributed by atoms with van der Waals surface area (Å²) in [4.78, 5) is 15.4. The van der Waals surface area contributed by atoms with Crippen LogP contribution < -0.4 is 19.7 Å². The Hall–Kier alpha value is -3.04. The van der Waals surface area contributed by atoms with Crippen LogP contribution in [0.5, 0.6) is 11.6 Å². The van der Waals surface area contributed by atoms with E-state index in [4.69, 9.17) is 14.2 Å². The van der Waals surface area contributed by atoms with Crippen LogP contribution in [0, 0.1) is 5.82 Å². The van der Waals surface area contributed by atoms with E-state index < -0.39 is 0 Å². The number of methoxy groups -OCH3 is 1. The number of rotatable bonds is 7. The lowest BCUT2D eigenvalue weighted by Crippen LogP contribution is -2.61. The summed E-state index contributed by atoms with van der Waals surface area (Å²) in [6, 6.07) is 5.66. The molecule has 1 N–H and O–H groups in total. The smallest absolute Gasteiger partial charge is 0.213 e. The van der Waals surface area contributed by atoms with Crippen molar-refractivity contribution >= 4 is 16.9 Å². The summed E-state index contributed by atoms with van der Waals surface area (Å²) in [5, 5.41) is 3.77. The number of aromatic nitrogens is 3. The number of anilines is 1. The molecule has 0 radical (unpaired) electrons. The number of hydrogen-bond acceptors (Lipinski definition) is 8. The maximum Gasteiger partial charge on any atom is 0.213 e. The van der Waals surface area contributed by atoms with Gasteiger partial charge in [-0.05, 0) is 56.2 Å². The minimum absolute atomic E-state index is 0.0289. The topological polar surface area (TPSA) is 81.6 Å². The third kappa shape index (κ3) is 4.24. The highest BCUT2D eigenvalue weighted by Crippen LogP contribution is 2.46. The molecule has 0 atom stereocenters. The molecule has 0 aromatic carbocycles. The van der Waals surface area contributed by atoms with Gasteiger partial charge in [0.25, 0.3) is 0 Å². The van der Waals surface area contributed by atoms with Crippen molar-refractivity contribution < 1.29 is 18.6 Å². The number of aryl methyl sites for hydroxylation is 1. The summed E-state index contributed by atoms with van der Waals surface area (Å²) in [7, 11) is 3.60. The predicted molar refractivity (Wildman–Crippen MR) is 134 cm³/mol. The minimum Gasteiger partial charge on any atom is -0.488 e. The second-order valence-electron chi connectivity index (χ2n) is 10.3. The van der Waals surface area contributed by atoms with Gasteiger partial charge in [0.1, 0.15) is 12.4 Å². The van der Waals surface area contributed by atoms with Crippen LogP contribution in [-0.4, -0.2) is 60.0 Å². The van der Waals surface area contributed by atoms with Gasteiger partial charge in [-0.2, -0.15) is 0 Å². The van der Waals surface area contributed by atoms with E-state index in [0.717, 1.165) is 62.3 Å². The molecule has 3 fully saturated rings. The first-order valence-electron chi connectivity index (χ1n) is 12.7. The van der Waals surface area contributed by atoms with Crippen molar-refractivity contribution in [3.8, 4) is 11.6 Å². The molecule has 0 spiro atoms. The number of fused-ring (bicyclic) bond motifs is 5. The third-order valence-electron chi connectivity index (χ3n) is 8.16. The van der Waals surface area contributed by atoms with Gasteiger partial charge in [-0.3, -0.25) is 4.98 Å². The fraction of sp³-hybridized carbons (Fsp3) is 0.519. The van der Waals surface area contributed by atoms with Crippen LogP contribution in [0.25, 0.3) is 11.0 Å². The second kappa shape index (κ2) is 9.12. The SMILES string of the molecule is COc1ccc2ncc(F)c(CCC34CCC(NCc5cnc6c(c5)OCCN6C)(CC3)CO4)c2n1. The molecule has 3 aliphatic heterocycles. The Labute approximate surface area is 210 Å². The van der Waals surface area contributed by atoms with Crippen LogP contribution in [-0.2, 0) is 17.7 Å². The van der Waals surface area contributed by atoms with Gasteiger partial charge < -0.3 is 24.4 Å². The summed E-state index contributed by atoms with van der Waals surface area (Å²) in [5.74, 6) is 1.89. The summed E-state index contributed by atoms with van der Waals surface area (Å²) in [6.45, 7) is 2.93. The molecule has 3 aromatic rings. The number of likely N-dealkylation sites (N-methyl/N-ethyl adjacent to an activating group) is 1. The van der Waals surface area contributed by atoms with Crippen LogP contribution in [0.2, 0.25) is 0 Å². The van der Waals surface area contributed by atoms with Gasteiger partial charge >= 0.3 is 0 Å². The molecular weight excluding hydrogens is 461 g/mol. The fourth-order valence-corrected chi connectivity index (χ4v) is 5.75. The number of nitrogens with zero attached hydrogens (tertiary/aromatic N) is 4. The molecule has 2 bridgehead atoms. The van der Waals surface area contributed by atoms with Gasteiger partial charge in [-0.1, -0.05) is 0 Å². The van der Waals surface area contributed by atoms with Crippen molar-refractivity contribution in [2.24, 2.45) is 0 Å². The highest BCUT2D eigenvalue weighted by atomic mass is 19.1. The van der Waals surface area contributed by atoms with Crippen molar-refractivity contribution in [3.05, 3.63) is 47.5 Å². The van der Waals surface area contributed by atoms with Crippen LogP contribution in [0.4, 0.5) is 10.2 Å². The van der Waals surface area contributed by atoms with Crippen molar-refractivity contribution in [2.45, 2.75) is 56.2 Å². The van der Waals surface area contributed by atoms with E-state index >= 15 is 0 Å². The first kappa shape index (κ1) is 23.4. The summed E-state index contributed by atoms with van der Waals surface area (Å²) in [5.41, 5.74) is 2.71. The molecule has 0 amide bonds. The lowest BCUT2D eigenvalue weighted by atomic mass is 9.69. The number of hydrogen-bond donors (Lipinski definition) is 1. The molecule has 2 saturated heterocycles. The highest BCUT2D eigenvalue weighted by molar-refractivity contribution is 5.78. The molecule has 1 aliphatic carbocycles. The van der Waals surface area contributed by atoms with Gasteiger partial charge in [0, 0.05) is 37.0 Å². The van der Waals surface area contributed by atoms with E-state index in [-0.39, 0.29) is 17.0 Å². The molecule has 36 heavy (non-hydrogen) atoms. The highest BCUT2D eigenvalue weighted by Gasteiger charge is 2.49. The number of ether oxygens (including phenoxy) is 3. The van der Waals surface area contributed by atoms with Gasteiger partial charge in [0.15, 0.2) is 11.6 Å². The Kier molecular flexibility index (Phi) is 5.92. The standard InChI is InChI=1S/C27H32FN5O3/c1-33-11-12-35-22-13-18(14-30-25(22)33)15-31-26-7-9-27(10-8-26,36-17-26)6-5-19-20(28)16-29-21-3-4-23(34-2)32-24(19)21/h3-4,13-14,16,31H,5-12,15,17H2,1-2H3. The van der Waals surface area contributed by atoms with Crippen LogP contribution >= 0.6 is 0 Å². The zero-order valence-electron chi connectivity index (χ0n) is 20.8. The van der Waals surface area contributed by atoms with E-state index in [2.05, 4.69) is 31.2 Å². The van der Waals surface area contributed by atoms with Crippen molar-refractivity contribution in [1.82, 2.24) is 20.3 Å². The Morgan fingerprint density at radius 1 is 1.17 bits per heavy atom. The molecule has 190 valence electrons. The van der Waals surface area contributed by atoms with Gasteiger partial charge in [-0.15, -0.1) is 0 Å². The minimum atomic E-state index is -0.323. The Bertz CT molecular complexity index is 1260. The fourth-order valence-electron chi connectivity index (χ4n) is 5.75. The molecular formula is C27H32FN5O3. The first-order valence-corrected chi connectivity index (χ1v) is 12.7. The molecule has 8 nitrogen and oxygen atoms in total. The average Bonchev–Trinajstić information content (AvgIpc) is 2.92. The van der Waals surface area contributed by atoms with Gasteiger partial charge in [-0.25, -0.2) is 14.4 Å². The van der Waals surface area contributed by atoms with Gasteiger partial charge in [0.05, 0.1) is 43.1 Å². The Morgan fingerprint density at radius 2 is 2.03 bits per heavy atom. The number of pyridine rings is 3. The largest absolute Gasteiger partial charge is 0.488 e. The monoisotopic (exact) mass is 493 g/mol. The third-order valence-corrected chi connectivity index (χ3v) is 8.16. The van der Waals surface area contributed by atoms with Crippen LogP contribution in [0.1, 0.15) is 43.2 Å². The predicted octanol–water partition coefficient (Wildman–Crippen LogP) is 3.81. The Morgan fingerprint density at radius 3 is 2.81 bits per heavy atom. The lowest BCUT2D eigenvalue weighted by Gasteiger charge is -2.53. The molecule has 0 unspecified atom stereocenters. The van der Waals surface area contributed by atoms with E-state index in [0.29, 0.717) is 42.1 Å². The van der Waals surface area contributed by atoms with Crippen LogP contribution in [0.15, 0.2) is 30.6 Å². The van der Waals surface area contributed by atoms with Crippen LogP contribution in [0.3, 0.4) is 0 Å². The first-order chi connectivity index (χ1) is 17.5. The van der Waals surface area contributed by atoms with E-state index in [1.807, 2.05) is 19.3 Å². The van der Waals surface area contributed by atoms with Crippen molar-refractivity contribution in [2.75, 3.05) is 38.8 Å². The Balaban J connectivity index is 1.10. The average molecular weight is 494 g/mol. The second-order valence-corrected chi connectivity index (χ2v) is 10.3. The molecule has 3 aromatic heterocycles. The molecule has 9 heteroatoms. The normalized spacial score (nSPS) is 25.0. The van der Waals surface area contributed by atoms with E-state index in [9.17, 15) is 4.39 Å². The maximum absolute atomic E-state index is 14.8. The molecule has 1 saturated carbocycles. The number of halogens is 1. The summed E-state index contributed by atoms with van der Waals surface area (Å²) in [6.07, 6.45) is 8.53. The zero-order chi connectivity index (χ0) is 24.8. The molecule has 4 aliphatic rings. The quantitative estimate of drug-likeness (QED) is 0.532. The lowest BCUT2D eigenvalue weighted by molar-refractivity contribution is -0.165. The number of nitrogens with one attached hydrogen (secondary N) is 1. The zero-order valence-corrected chi connectivity index (χ0v) is 20.8. The maximum atomic E-state index is 14.8.